The normalized spacial score (nSPS) is 16.6. The predicted octanol–water partition coefficient (Wildman–Crippen LogP) is 2.76. The summed E-state index contributed by atoms with van der Waals surface area (Å²) in [4.78, 5) is 30.5. The number of hydrogen-bond donors (Lipinski definition) is 1. The third kappa shape index (κ3) is 3.05. The maximum atomic E-state index is 12.8. The summed E-state index contributed by atoms with van der Waals surface area (Å²) in [6, 6.07) is 6.95. The minimum Gasteiger partial charge on any atom is -0.453 e. The van der Waals surface area contributed by atoms with Crippen LogP contribution in [0.3, 0.4) is 0 Å². The molecule has 120 valence electrons. The van der Waals surface area contributed by atoms with E-state index in [1.54, 1.807) is 0 Å². The first-order chi connectivity index (χ1) is 11.1. The van der Waals surface area contributed by atoms with Crippen molar-refractivity contribution in [1.29, 1.82) is 0 Å². The van der Waals surface area contributed by atoms with Crippen molar-refractivity contribution in [2.24, 2.45) is 0 Å². The highest BCUT2D eigenvalue weighted by Gasteiger charge is 2.36. The van der Waals surface area contributed by atoms with Crippen LogP contribution in [0.25, 0.3) is 0 Å². The van der Waals surface area contributed by atoms with Crippen LogP contribution in [0.4, 0.5) is 9.93 Å². The van der Waals surface area contributed by atoms with Crippen LogP contribution < -0.4 is 5.32 Å². The van der Waals surface area contributed by atoms with Crippen LogP contribution in [0.15, 0.2) is 29.6 Å². The van der Waals surface area contributed by atoms with Crippen LogP contribution in [0.5, 0.6) is 0 Å². The number of nitrogens with one attached hydrogen (secondary N) is 1. The van der Waals surface area contributed by atoms with Gasteiger partial charge in [0.1, 0.15) is 6.04 Å². The van der Waals surface area contributed by atoms with E-state index in [9.17, 15) is 9.59 Å². The molecular weight excluding hydrogens is 314 g/mol. The van der Waals surface area contributed by atoms with E-state index in [0.29, 0.717) is 18.1 Å². The molecule has 1 aliphatic rings. The quantitative estimate of drug-likeness (QED) is 0.918. The summed E-state index contributed by atoms with van der Waals surface area (Å²) in [5.74, 6) is -0.281. The lowest BCUT2D eigenvalue weighted by molar-refractivity contribution is -0.121. The van der Waals surface area contributed by atoms with E-state index >= 15 is 0 Å². The number of ether oxygens (including phenoxy) is 1. The molecule has 0 fully saturated rings. The van der Waals surface area contributed by atoms with Crippen molar-refractivity contribution >= 4 is 28.5 Å². The molecule has 6 nitrogen and oxygen atoms in total. The number of anilines is 1. The van der Waals surface area contributed by atoms with Crippen LogP contribution in [-0.2, 0) is 16.0 Å². The molecule has 3 rings (SSSR count). The molecule has 1 aromatic heterocycles. The Morgan fingerprint density at radius 3 is 2.87 bits per heavy atom. The van der Waals surface area contributed by atoms with E-state index in [1.165, 1.54) is 23.3 Å². The van der Waals surface area contributed by atoms with Crippen molar-refractivity contribution in [1.82, 2.24) is 9.88 Å². The molecule has 0 spiro atoms. The Balaban J connectivity index is 1.93. The number of aromatic nitrogens is 1. The molecule has 23 heavy (non-hydrogen) atoms. The number of nitrogens with zero attached hydrogens (tertiary/aromatic N) is 2. The van der Waals surface area contributed by atoms with Gasteiger partial charge in [0.2, 0.25) is 0 Å². The van der Waals surface area contributed by atoms with E-state index in [2.05, 4.69) is 10.3 Å². The highest BCUT2D eigenvalue weighted by Crippen LogP contribution is 2.31. The van der Waals surface area contributed by atoms with Crippen LogP contribution in [-0.4, -0.2) is 35.5 Å². The van der Waals surface area contributed by atoms with Gasteiger partial charge in [0.05, 0.1) is 12.8 Å². The zero-order valence-corrected chi connectivity index (χ0v) is 13.7. The van der Waals surface area contributed by atoms with Crippen LogP contribution in [0.1, 0.15) is 22.9 Å². The maximum absolute atomic E-state index is 12.8. The van der Waals surface area contributed by atoms with Crippen molar-refractivity contribution in [2.75, 3.05) is 19.0 Å². The van der Waals surface area contributed by atoms with Gasteiger partial charge in [-0.05, 0) is 24.5 Å². The summed E-state index contributed by atoms with van der Waals surface area (Å²) < 4.78 is 4.83. The molecule has 0 unspecified atom stereocenters. The average Bonchev–Trinajstić information content (AvgIpc) is 2.97. The van der Waals surface area contributed by atoms with Crippen molar-refractivity contribution < 1.29 is 14.3 Å². The van der Waals surface area contributed by atoms with Crippen molar-refractivity contribution in [3.63, 3.8) is 0 Å². The first kappa shape index (κ1) is 15.5. The Morgan fingerprint density at radius 2 is 2.17 bits per heavy atom. The Labute approximate surface area is 138 Å². The topological polar surface area (TPSA) is 71.5 Å². The third-order valence-corrected chi connectivity index (χ3v) is 4.67. The number of rotatable bonds is 2. The summed E-state index contributed by atoms with van der Waals surface area (Å²) in [5, 5.41) is 5.19. The van der Waals surface area contributed by atoms with Gasteiger partial charge in [0, 0.05) is 11.9 Å². The van der Waals surface area contributed by atoms with Crippen molar-refractivity contribution in [2.45, 2.75) is 19.4 Å². The maximum Gasteiger partial charge on any atom is 0.410 e. The number of methoxy groups -OCH3 is 1. The molecule has 1 aliphatic heterocycles. The second-order valence-corrected chi connectivity index (χ2v) is 6.16. The largest absolute Gasteiger partial charge is 0.453 e. The van der Waals surface area contributed by atoms with Gasteiger partial charge in [-0.1, -0.05) is 24.3 Å². The molecule has 0 saturated heterocycles. The summed E-state index contributed by atoms with van der Waals surface area (Å²) in [5.41, 5.74) is 2.75. The number of carbonyl (C=O) groups excluding carboxylic acids is 2. The third-order valence-electron chi connectivity index (χ3n) is 3.79. The molecular formula is C16H17N3O3S. The summed E-state index contributed by atoms with van der Waals surface area (Å²) in [6.07, 6.45) is 0.195. The monoisotopic (exact) mass is 331 g/mol. The van der Waals surface area contributed by atoms with Gasteiger partial charge < -0.3 is 4.74 Å². The Morgan fingerprint density at radius 1 is 1.39 bits per heavy atom. The van der Waals surface area contributed by atoms with Gasteiger partial charge in [-0.25, -0.2) is 9.78 Å². The molecule has 0 bridgehead atoms. The minimum absolute atomic E-state index is 0.281. The van der Waals surface area contributed by atoms with Crippen molar-refractivity contribution in [3.8, 4) is 0 Å². The van der Waals surface area contributed by atoms with Crippen LogP contribution >= 0.6 is 11.3 Å². The van der Waals surface area contributed by atoms with E-state index in [4.69, 9.17) is 4.74 Å². The smallest absolute Gasteiger partial charge is 0.410 e. The number of hydrogen-bond acceptors (Lipinski definition) is 5. The van der Waals surface area contributed by atoms with E-state index in [-0.39, 0.29) is 5.91 Å². The van der Waals surface area contributed by atoms with Crippen molar-refractivity contribution in [3.05, 3.63) is 46.5 Å². The van der Waals surface area contributed by atoms with Gasteiger partial charge in [-0.15, -0.1) is 11.3 Å². The predicted molar refractivity (Wildman–Crippen MR) is 87.5 cm³/mol. The lowest BCUT2D eigenvalue weighted by Gasteiger charge is -2.35. The number of carbonyl (C=O) groups is 2. The minimum atomic E-state index is -0.711. The van der Waals surface area contributed by atoms with Crippen LogP contribution in [0.2, 0.25) is 0 Å². The number of benzene rings is 1. The first-order valence-corrected chi connectivity index (χ1v) is 8.13. The Hall–Kier alpha value is -2.41. The number of aryl methyl sites for hydroxylation is 1. The Bertz CT molecular complexity index is 744. The van der Waals surface area contributed by atoms with Gasteiger partial charge in [-0.3, -0.25) is 15.0 Å². The molecule has 0 aliphatic carbocycles. The molecule has 0 radical (unpaired) electrons. The molecule has 2 amide bonds. The molecule has 0 saturated carbocycles. The zero-order valence-electron chi connectivity index (χ0n) is 12.9. The number of thiazole rings is 1. The van der Waals surface area contributed by atoms with Crippen LogP contribution in [0, 0.1) is 6.92 Å². The lowest BCUT2D eigenvalue weighted by Crippen LogP contribution is -2.45. The molecule has 1 aromatic carbocycles. The van der Waals surface area contributed by atoms with E-state index < -0.39 is 12.1 Å². The average molecular weight is 331 g/mol. The molecule has 1 atom stereocenters. The second kappa shape index (κ2) is 6.37. The molecule has 2 heterocycles. The van der Waals surface area contributed by atoms with E-state index in [1.807, 2.05) is 36.6 Å². The fraction of sp³-hybridized carbons (Fsp3) is 0.312. The second-order valence-electron chi connectivity index (χ2n) is 5.30. The SMILES string of the molecule is COC(=O)N1CCc2ccccc2[C@@H]1C(=O)Nc1nc(C)cs1. The summed E-state index contributed by atoms with van der Waals surface area (Å²) >= 11 is 1.36. The summed E-state index contributed by atoms with van der Waals surface area (Å²) in [6.45, 7) is 2.31. The fourth-order valence-electron chi connectivity index (χ4n) is 2.75. The molecule has 7 heteroatoms. The van der Waals surface area contributed by atoms with Gasteiger partial charge in [0.25, 0.3) is 5.91 Å². The van der Waals surface area contributed by atoms with Gasteiger partial charge >= 0.3 is 6.09 Å². The van der Waals surface area contributed by atoms with Gasteiger partial charge in [-0.2, -0.15) is 0 Å². The standard InChI is InChI=1S/C16H17N3O3S/c1-10-9-23-15(17-10)18-14(20)13-12-6-4-3-5-11(12)7-8-19(13)16(21)22-2/h3-6,9,13H,7-8H2,1-2H3,(H,17,18,20)/t13-/m1/s1. The van der Waals surface area contributed by atoms with Gasteiger partial charge in [0.15, 0.2) is 5.13 Å². The highest BCUT2D eigenvalue weighted by atomic mass is 32.1. The molecule has 1 N–H and O–H groups in total. The number of fused-ring (bicyclic) bond motifs is 1. The van der Waals surface area contributed by atoms with E-state index in [0.717, 1.165) is 16.8 Å². The highest BCUT2D eigenvalue weighted by molar-refractivity contribution is 7.13. The zero-order chi connectivity index (χ0) is 16.4. The summed E-state index contributed by atoms with van der Waals surface area (Å²) in [7, 11) is 1.32. The number of amides is 2. The lowest BCUT2D eigenvalue weighted by atomic mass is 9.92. The fourth-order valence-corrected chi connectivity index (χ4v) is 3.44. The first-order valence-electron chi connectivity index (χ1n) is 7.25. The molecule has 2 aromatic rings. The Kier molecular flexibility index (Phi) is 4.29.